The maximum absolute atomic E-state index is 11.2. The average molecular weight is 267 g/mol. The molecule has 1 heterocycles. The first kappa shape index (κ1) is 13.2. The standard InChI is InChI=1S/C13H17NO3S/c1-4-7-13(3)9(2)14-12-6-5-10(8-11(12)13)18(15,16)17/h5-6,8H,4,7H2,1-3H3,(H,15,16,17). The van der Waals surface area contributed by atoms with Gasteiger partial charge in [0.15, 0.2) is 0 Å². The lowest BCUT2D eigenvalue weighted by Crippen LogP contribution is -2.27. The van der Waals surface area contributed by atoms with E-state index in [1.165, 1.54) is 6.07 Å². The topological polar surface area (TPSA) is 66.7 Å². The Labute approximate surface area is 108 Å². The molecular formula is C13H17NO3S. The maximum Gasteiger partial charge on any atom is 0.294 e. The van der Waals surface area contributed by atoms with Gasteiger partial charge in [0.05, 0.1) is 10.6 Å². The molecule has 1 unspecified atom stereocenters. The van der Waals surface area contributed by atoms with Crippen molar-refractivity contribution in [3.8, 4) is 0 Å². The molecule has 4 nitrogen and oxygen atoms in total. The summed E-state index contributed by atoms with van der Waals surface area (Å²) in [6.07, 6.45) is 1.89. The molecule has 1 aliphatic rings. The SMILES string of the molecule is CCCC1(C)C(C)=Nc2ccc(S(=O)(=O)O)cc21. The van der Waals surface area contributed by atoms with E-state index in [-0.39, 0.29) is 10.3 Å². The van der Waals surface area contributed by atoms with Crippen LogP contribution in [0.15, 0.2) is 28.1 Å². The first-order valence-electron chi connectivity index (χ1n) is 5.97. The largest absolute Gasteiger partial charge is 0.294 e. The van der Waals surface area contributed by atoms with Crippen LogP contribution < -0.4 is 0 Å². The van der Waals surface area contributed by atoms with Gasteiger partial charge in [-0.3, -0.25) is 9.55 Å². The van der Waals surface area contributed by atoms with Gasteiger partial charge < -0.3 is 0 Å². The fourth-order valence-electron chi connectivity index (χ4n) is 2.53. The molecule has 0 saturated heterocycles. The molecule has 0 radical (unpaired) electrons. The molecular weight excluding hydrogens is 250 g/mol. The zero-order valence-corrected chi connectivity index (χ0v) is 11.6. The molecule has 0 bridgehead atoms. The molecule has 98 valence electrons. The minimum Gasteiger partial charge on any atom is -0.282 e. The highest BCUT2D eigenvalue weighted by Gasteiger charge is 2.36. The van der Waals surface area contributed by atoms with Crippen molar-refractivity contribution in [3.05, 3.63) is 23.8 Å². The van der Waals surface area contributed by atoms with Gasteiger partial charge in [-0.05, 0) is 37.1 Å². The van der Waals surface area contributed by atoms with Crippen LogP contribution in [-0.4, -0.2) is 18.7 Å². The highest BCUT2D eigenvalue weighted by atomic mass is 32.2. The van der Waals surface area contributed by atoms with Crippen LogP contribution in [0.5, 0.6) is 0 Å². The van der Waals surface area contributed by atoms with Crippen molar-refractivity contribution < 1.29 is 13.0 Å². The lowest BCUT2D eigenvalue weighted by molar-refractivity contribution is 0.482. The number of hydrogen-bond donors (Lipinski definition) is 1. The van der Waals surface area contributed by atoms with Gasteiger partial charge >= 0.3 is 0 Å². The van der Waals surface area contributed by atoms with Crippen LogP contribution in [0.25, 0.3) is 0 Å². The lowest BCUT2D eigenvalue weighted by Gasteiger charge is -2.25. The predicted octanol–water partition coefficient (Wildman–Crippen LogP) is 3.10. The molecule has 5 heteroatoms. The Bertz CT molecular complexity index is 619. The summed E-state index contributed by atoms with van der Waals surface area (Å²) in [5, 5.41) is 0. The summed E-state index contributed by atoms with van der Waals surface area (Å²) in [5.74, 6) is 0. The van der Waals surface area contributed by atoms with E-state index in [1.807, 2.05) is 6.92 Å². The predicted molar refractivity (Wildman–Crippen MR) is 71.3 cm³/mol. The Kier molecular flexibility index (Phi) is 3.07. The molecule has 0 saturated carbocycles. The molecule has 1 atom stereocenters. The second-order valence-electron chi connectivity index (χ2n) is 4.93. The number of rotatable bonds is 3. The maximum atomic E-state index is 11.2. The van der Waals surface area contributed by atoms with E-state index in [0.29, 0.717) is 0 Å². The van der Waals surface area contributed by atoms with Gasteiger partial charge in [-0.25, -0.2) is 0 Å². The van der Waals surface area contributed by atoms with E-state index in [4.69, 9.17) is 4.55 Å². The molecule has 1 aliphatic heterocycles. The fraction of sp³-hybridized carbons (Fsp3) is 0.462. The second-order valence-corrected chi connectivity index (χ2v) is 6.35. The first-order chi connectivity index (χ1) is 8.29. The van der Waals surface area contributed by atoms with E-state index in [1.54, 1.807) is 12.1 Å². The van der Waals surface area contributed by atoms with E-state index < -0.39 is 10.1 Å². The summed E-state index contributed by atoms with van der Waals surface area (Å²) in [7, 11) is -4.16. The monoisotopic (exact) mass is 267 g/mol. The van der Waals surface area contributed by atoms with Crippen LogP contribution in [-0.2, 0) is 15.5 Å². The molecule has 2 rings (SSSR count). The normalized spacial score (nSPS) is 22.8. The zero-order chi connectivity index (χ0) is 13.6. The average Bonchev–Trinajstić information content (AvgIpc) is 2.50. The quantitative estimate of drug-likeness (QED) is 0.856. The Morgan fingerprint density at radius 3 is 2.61 bits per heavy atom. The lowest BCUT2D eigenvalue weighted by atomic mass is 9.76. The van der Waals surface area contributed by atoms with Crippen molar-refractivity contribution in [2.75, 3.05) is 0 Å². The Hall–Kier alpha value is -1.20. The second kappa shape index (κ2) is 4.17. The Morgan fingerprint density at radius 1 is 1.39 bits per heavy atom. The van der Waals surface area contributed by atoms with E-state index in [0.717, 1.165) is 29.8 Å². The van der Waals surface area contributed by atoms with Gasteiger partial charge in [-0.1, -0.05) is 20.3 Å². The molecule has 18 heavy (non-hydrogen) atoms. The van der Waals surface area contributed by atoms with Crippen LogP contribution >= 0.6 is 0 Å². The molecule has 0 aliphatic carbocycles. The summed E-state index contributed by atoms with van der Waals surface area (Å²) < 4.78 is 31.5. The van der Waals surface area contributed by atoms with E-state index in [9.17, 15) is 8.42 Å². The summed E-state index contributed by atoms with van der Waals surface area (Å²) in [6, 6.07) is 4.59. The van der Waals surface area contributed by atoms with Gasteiger partial charge in [-0.15, -0.1) is 0 Å². The van der Waals surface area contributed by atoms with Crippen molar-refractivity contribution in [2.24, 2.45) is 4.99 Å². The van der Waals surface area contributed by atoms with Crippen LogP contribution in [0.1, 0.15) is 39.2 Å². The third-order valence-corrected chi connectivity index (χ3v) is 4.55. The fourth-order valence-corrected chi connectivity index (χ4v) is 3.04. The molecule has 1 aromatic carbocycles. The molecule has 1 N–H and O–H groups in total. The zero-order valence-electron chi connectivity index (χ0n) is 10.8. The molecule has 0 spiro atoms. The third kappa shape index (κ3) is 1.97. The Balaban J connectivity index is 2.60. The van der Waals surface area contributed by atoms with Crippen LogP contribution in [0.4, 0.5) is 5.69 Å². The number of fused-ring (bicyclic) bond motifs is 1. The molecule has 0 aromatic heterocycles. The van der Waals surface area contributed by atoms with E-state index in [2.05, 4.69) is 18.8 Å². The number of hydrogen-bond acceptors (Lipinski definition) is 3. The van der Waals surface area contributed by atoms with Crippen molar-refractivity contribution >= 4 is 21.5 Å². The molecule has 1 aromatic rings. The van der Waals surface area contributed by atoms with Crippen molar-refractivity contribution in [1.29, 1.82) is 0 Å². The summed E-state index contributed by atoms with van der Waals surface area (Å²) in [6.45, 7) is 6.11. The summed E-state index contributed by atoms with van der Waals surface area (Å²) in [4.78, 5) is 4.43. The number of nitrogens with zero attached hydrogens (tertiary/aromatic N) is 1. The molecule has 0 fully saturated rings. The van der Waals surface area contributed by atoms with Crippen LogP contribution in [0, 0.1) is 0 Å². The first-order valence-corrected chi connectivity index (χ1v) is 7.41. The smallest absolute Gasteiger partial charge is 0.282 e. The van der Waals surface area contributed by atoms with Gasteiger partial charge in [0, 0.05) is 11.1 Å². The van der Waals surface area contributed by atoms with Gasteiger partial charge in [0.2, 0.25) is 0 Å². The van der Waals surface area contributed by atoms with Gasteiger partial charge in [0.1, 0.15) is 0 Å². The Morgan fingerprint density at radius 2 is 2.06 bits per heavy atom. The van der Waals surface area contributed by atoms with Gasteiger partial charge in [-0.2, -0.15) is 8.42 Å². The van der Waals surface area contributed by atoms with Crippen molar-refractivity contribution in [1.82, 2.24) is 0 Å². The third-order valence-electron chi connectivity index (χ3n) is 3.70. The van der Waals surface area contributed by atoms with Crippen LogP contribution in [0.3, 0.4) is 0 Å². The van der Waals surface area contributed by atoms with Crippen LogP contribution in [0.2, 0.25) is 0 Å². The minimum absolute atomic E-state index is 0.0616. The van der Waals surface area contributed by atoms with E-state index >= 15 is 0 Å². The number of aliphatic imine (C=N–C) groups is 1. The minimum atomic E-state index is -4.16. The van der Waals surface area contributed by atoms with Crippen molar-refractivity contribution in [2.45, 2.75) is 43.9 Å². The highest BCUT2D eigenvalue weighted by Crippen LogP contribution is 2.43. The van der Waals surface area contributed by atoms with Gasteiger partial charge in [0.25, 0.3) is 10.1 Å². The highest BCUT2D eigenvalue weighted by molar-refractivity contribution is 7.85. The summed E-state index contributed by atoms with van der Waals surface area (Å²) in [5.41, 5.74) is 2.45. The molecule has 0 amide bonds. The number of benzene rings is 1. The summed E-state index contributed by atoms with van der Waals surface area (Å²) >= 11 is 0. The van der Waals surface area contributed by atoms with Crippen molar-refractivity contribution in [3.63, 3.8) is 0 Å².